The average Bonchev–Trinajstić information content (AvgIpc) is 3.20. The number of aromatic nitrogens is 5. The molecule has 0 bridgehead atoms. The zero-order valence-electron chi connectivity index (χ0n) is 15.9. The van der Waals surface area contributed by atoms with Crippen LogP contribution in [0.5, 0.6) is 0 Å². The molecule has 0 radical (unpaired) electrons. The molecule has 142 valence electrons. The van der Waals surface area contributed by atoms with Crippen molar-refractivity contribution in [2.24, 2.45) is 0 Å². The van der Waals surface area contributed by atoms with Crippen LogP contribution in [0.25, 0.3) is 33.2 Å². The van der Waals surface area contributed by atoms with Gasteiger partial charge in [-0.15, -0.1) is 5.10 Å². The Morgan fingerprint density at radius 2 is 1.62 bits per heavy atom. The Hall–Kier alpha value is -3.64. The molecule has 0 saturated carbocycles. The number of hydrogen-bond acceptors (Lipinski definition) is 5. The Labute approximate surface area is 168 Å². The van der Waals surface area contributed by atoms with Gasteiger partial charge in [0, 0.05) is 36.6 Å². The molecule has 0 atom stereocenters. The normalized spacial score (nSPS) is 11.3. The molecule has 2 aromatic heterocycles. The summed E-state index contributed by atoms with van der Waals surface area (Å²) in [6.07, 6.45) is 3.77. The number of para-hydroxylation sites is 1. The molecule has 6 nitrogen and oxygen atoms in total. The lowest BCUT2D eigenvalue weighted by Gasteiger charge is -2.07. The molecule has 0 amide bonds. The summed E-state index contributed by atoms with van der Waals surface area (Å²) in [6.45, 7) is 2.26. The van der Waals surface area contributed by atoms with Gasteiger partial charge in [0.15, 0.2) is 5.82 Å². The first kappa shape index (κ1) is 17.5. The minimum atomic E-state index is 0.713. The van der Waals surface area contributed by atoms with Gasteiger partial charge in [0.05, 0.1) is 12.1 Å². The van der Waals surface area contributed by atoms with Gasteiger partial charge in [-0.2, -0.15) is 0 Å². The van der Waals surface area contributed by atoms with Crippen molar-refractivity contribution in [1.29, 1.82) is 0 Å². The molecule has 1 N–H and O–H groups in total. The summed E-state index contributed by atoms with van der Waals surface area (Å²) < 4.78 is 1.92. The number of hydrogen-bond donors (Lipinski definition) is 1. The zero-order valence-corrected chi connectivity index (χ0v) is 15.9. The first-order valence-corrected chi connectivity index (χ1v) is 9.66. The van der Waals surface area contributed by atoms with Crippen molar-refractivity contribution in [1.82, 2.24) is 30.3 Å². The van der Waals surface area contributed by atoms with E-state index in [2.05, 4.69) is 55.9 Å². The van der Waals surface area contributed by atoms with Crippen molar-refractivity contribution < 1.29 is 0 Å². The van der Waals surface area contributed by atoms with Crippen LogP contribution >= 0.6 is 0 Å². The van der Waals surface area contributed by atoms with E-state index in [-0.39, 0.29) is 0 Å². The van der Waals surface area contributed by atoms with Crippen molar-refractivity contribution >= 4 is 21.8 Å². The Morgan fingerprint density at radius 3 is 2.52 bits per heavy atom. The number of rotatable bonds is 6. The smallest absolute Gasteiger partial charge is 0.159 e. The van der Waals surface area contributed by atoms with Crippen LogP contribution in [0.1, 0.15) is 5.56 Å². The fourth-order valence-electron chi connectivity index (χ4n) is 3.42. The number of benzene rings is 3. The standard InChI is InChI=1S/C23H20N6/c1-2-6-19-13-20(10-9-18(19)5-1)23-25-15-17(16-26-23)14-24-11-12-29-22-8-4-3-7-21(22)27-28-29/h1-10,13,15-16,24H,11-12,14H2. The van der Waals surface area contributed by atoms with Crippen molar-refractivity contribution in [2.75, 3.05) is 6.54 Å². The number of nitrogens with zero attached hydrogens (tertiary/aromatic N) is 5. The zero-order chi connectivity index (χ0) is 19.5. The maximum atomic E-state index is 4.55. The summed E-state index contributed by atoms with van der Waals surface area (Å²) in [5.41, 5.74) is 4.06. The predicted octanol–water partition coefficient (Wildman–Crippen LogP) is 3.83. The number of fused-ring (bicyclic) bond motifs is 2. The lowest BCUT2D eigenvalue weighted by Crippen LogP contribution is -2.20. The van der Waals surface area contributed by atoms with E-state index in [0.717, 1.165) is 41.1 Å². The molecule has 0 unspecified atom stereocenters. The first-order chi connectivity index (χ1) is 14.4. The van der Waals surface area contributed by atoms with Crippen LogP contribution in [-0.4, -0.2) is 31.5 Å². The van der Waals surface area contributed by atoms with Gasteiger partial charge >= 0.3 is 0 Å². The van der Waals surface area contributed by atoms with Crippen LogP contribution in [0.3, 0.4) is 0 Å². The molecule has 3 aromatic carbocycles. The summed E-state index contributed by atoms with van der Waals surface area (Å²) in [5.74, 6) is 0.744. The summed E-state index contributed by atoms with van der Waals surface area (Å²) in [4.78, 5) is 9.09. The largest absolute Gasteiger partial charge is 0.311 e. The molecule has 6 heteroatoms. The third-order valence-electron chi connectivity index (χ3n) is 4.96. The van der Waals surface area contributed by atoms with Crippen LogP contribution < -0.4 is 5.32 Å². The van der Waals surface area contributed by atoms with E-state index in [1.54, 1.807) is 0 Å². The van der Waals surface area contributed by atoms with Gasteiger partial charge in [-0.3, -0.25) is 0 Å². The van der Waals surface area contributed by atoms with E-state index in [1.165, 1.54) is 10.8 Å². The van der Waals surface area contributed by atoms with E-state index in [0.29, 0.717) is 6.54 Å². The second-order valence-electron chi connectivity index (χ2n) is 6.95. The van der Waals surface area contributed by atoms with Crippen molar-refractivity contribution in [3.63, 3.8) is 0 Å². The van der Waals surface area contributed by atoms with Crippen molar-refractivity contribution in [2.45, 2.75) is 13.1 Å². The monoisotopic (exact) mass is 380 g/mol. The maximum absolute atomic E-state index is 4.55. The van der Waals surface area contributed by atoms with Crippen LogP contribution in [0, 0.1) is 0 Å². The highest BCUT2D eigenvalue weighted by Crippen LogP contribution is 2.21. The second-order valence-corrected chi connectivity index (χ2v) is 6.95. The van der Waals surface area contributed by atoms with Crippen LogP contribution in [0.2, 0.25) is 0 Å². The molecule has 5 rings (SSSR count). The molecule has 0 aliphatic heterocycles. The SMILES string of the molecule is c1ccc2cc(-c3ncc(CNCCn4nnc5ccccc54)cn3)ccc2c1. The van der Waals surface area contributed by atoms with E-state index in [1.807, 2.05) is 53.5 Å². The average molecular weight is 380 g/mol. The predicted molar refractivity (Wildman–Crippen MR) is 114 cm³/mol. The molecule has 0 saturated heterocycles. The number of nitrogens with one attached hydrogen (secondary N) is 1. The summed E-state index contributed by atoms with van der Waals surface area (Å²) in [6, 6.07) is 22.6. The Morgan fingerprint density at radius 1 is 0.828 bits per heavy atom. The minimum Gasteiger partial charge on any atom is -0.311 e. The minimum absolute atomic E-state index is 0.713. The quantitative estimate of drug-likeness (QED) is 0.454. The Bertz CT molecular complexity index is 1260. The fourth-order valence-corrected chi connectivity index (χ4v) is 3.42. The van der Waals surface area contributed by atoms with Gasteiger partial charge in [0.1, 0.15) is 5.52 Å². The van der Waals surface area contributed by atoms with Gasteiger partial charge < -0.3 is 5.32 Å². The maximum Gasteiger partial charge on any atom is 0.159 e. The molecule has 0 spiro atoms. The molecular formula is C23H20N6. The van der Waals surface area contributed by atoms with Gasteiger partial charge in [-0.25, -0.2) is 14.6 Å². The fraction of sp³-hybridized carbons (Fsp3) is 0.130. The van der Waals surface area contributed by atoms with Crippen LogP contribution in [-0.2, 0) is 13.1 Å². The molecule has 0 fully saturated rings. The van der Waals surface area contributed by atoms with Crippen LogP contribution in [0.15, 0.2) is 79.1 Å². The highest BCUT2D eigenvalue weighted by Gasteiger charge is 2.04. The molecule has 0 aliphatic rings. The molecular weight excluding hydrogens is 360 g/mol. The highest BCUT2D eigenvalue weighted by molar-refractivity contribution is 5.86. The lowest BCUT2D eigenvalue weighted by molar-refractivity contribution is 0.551. The second kappa shape index (κ2) is 7.77. The molecule has 0 aliphatic carbocycles. The van der Waals surface area contributed by atoms with E-state index in [4.69, 9.17) is 0 Å². The van der Waals surface area contributed by atoms with Gasteiger partial charge in [-0.05, 0) is 29.0 Å². The van der Waals surface area contributed by atoms with Gasteiger partial charge in [-0.1, -0.05) is 53.7 Å². The molecule has 5 aromatic rings. The van der Waals surface area contributed by atoms with Gasteiger partial charge in [0.2, 0.25) is 0 Å². The van der Waals surface area contributed by atoms with Crippen molar-refractivity contribution in [3.8, 4) is 11.4 Å². The third-order valence-corrected chi connectivity index (χ3v) is 4.96. The Balaban J connectivity index is 1.20. The Kier molecular flexibility index (Phi) is 4.68. The summed E-state index contributed by atoms with van der Waals surface area (Å²) in [5, 5.41) is 14.2. The van der Waals surface area contributed by atoms with E-state index < -0.39 is 0 Å². The third kappa shape index (κ3) is 3.70. The topological polar surface area (TPSA) is 68.5 Å². The lowest BCUT2D eigenvalue weighted by atomic mass is 10.1. The first-order valence-electron chi connectivity index (χ1n) is 9.66. The molecule has 29 heavy (non-hydrogen) atoms. The van der Waals surface area contributed by atoms with Gasteiger partial charge in [0.25, 0.3) is 0 Å². The van der Waals surface area contributed by atoms with Crippen LogP contribution in [0.4, 0.5) is 0 Å². The summed E-state index contributed by atoms with van der Waals surface area (Å²) in [7, 11) is 0. The highest BCUT2D eigenvalue weighted by atomic mass is 15.4. The summed E-state index contributed by atoms with van der Waals surface area (Å²) >= 11 is 0. The molecule has 2 heterocycles. The van der Waals surface area contributed by atoms with Crippen molar-refractivity contribution in [3.05, 3.63) is 84.7 Å². The van der Waals surface area contributed by atoms with E-state index >= 15 is 0 Å². The van der Waals surface area contributed by atoms with E-state index in [9.17, 15) is 0 Å².